The molecule has 0 N–H and O–H groups in total. The zero-order valence-corrected chi connectivity index (χ0v) is 13.0. The molecule has 120 valence electrons. The Labute approximate surface area is 138 Å². The minimum absolute atomic E-state index is 0.0567. The summed E-state index contributed by atoms with van der Waals surface area (Å²) < 4.78 is 6.86. The van der Waals surface area contributed by atoms with E-state index in [0.29, 0.717) is 0 Å². The number of nitrogens with zero attached hydrogens (tertiary/aromatic N) is 3. The van der Waals surface area contributed by atoms with Crippen LogP contribution >= 0.6 is 0 Å². The molecule has 1 aromatic heterocycles. The fourth-order valence-corrected chi connectivity index (χ4v) is 2.27. The second-order valence-corrected chi connectivity index (χ2v) is 5.05. The van der Waals surface area contributed by atoms with Crippen LogP contribution in [0.25, 0.3) is 17.8 Å². The normalized spacial score (nSPS) is 10.9. The summed E-state index contributed by atoms with van der Waals surface area (Å²) >= 11 is 0. The van der Waals surface area contributed by atoms with Crippen molar-refractivity contribution in [3.63, 3.8) is 0 Å². The van der Waals surface area contributed by atoms with Crippen LogP contribution in [0, 0.1) is 10.1 Å². The van der Waals surface area contributed by atoms with Crippen molar-refractivity contribution in [2.75, 3.05) is 7.11 Å². The Hall–Kier alpha value is -3.41. The first-order chi connectivity index (χ1) is 11.7. The van der Waals surface area contributed by atoms with Gasteiger partial charge in [-0.3, -0.25) is 10.1 Å². The van der Waals surface area contributed by atoms with Crippen molar-refractivity contribution in [1.29, 1.82) is 0 Å². The summed E-state index contributed by atoms with van der Waals surface area (Å²) in [5.41, 5.74) is 2.73. The molecule has 0 unspecified atom stereocenters. The smallest absolute Gasteiger partial charge is 0.269 e. The maximum absolute atomic E-state index is 10.7. The quantitative estimate of drug-likeness (QED) is 0.527. The van der Waals surface area contributed by atoms with Gasteiger partial charge in [-0.1, -0.05) is 18.2 Å². The van der Waals surface area contributed by atoms with Crippen LogP contribution in [-0.4, -0.2) is 21.8 Å². The number of hydrogen-bond donors (Lipinski definition) is 0. The highest BCUT2D eigenvalue weighted by atomic mass is 16.6. The van der Waals surface area contributed by atoms with Gasteiger partial charge in [-0.15, -0.1) is 0 Å². The van der Waals surface area contributed by atoms with E-state index in [1.54, 1.807) is 30.1 Å². The van der Waals surface area contributed by atoms with E-state index in [1.165, 1.54) is 12.1 Å². The third kappa shape index (κ3) is 3.33. The first-order valence-corrected chi connectivity index (χ1v) is 7.28. The van der Waals surface area contributed by atoms with Gasteiger partial charge >= 0.3 is 0 Å². The topological polar surface area (TPSA) is 70.2 Å². The molecule has 6 heteroatoms. The van der Waals surface area contributed by atoms with Crippen molar-refractivity contribution in [2.24, 2.45) is 0 Å². The van der Waals surface area contributed by atoms with E-state index < -0.39 is 4.92 Å². The number of hydrogen-bond acceptors (Lipinski definition) is 4. The monoisotopic (exact) mass is 321 g/mol. The molecule has 0 spiro atoms. The lowest BCUT2D eigenvalue weighted by Crippen LogP contribution is -1.98. The predicted octanol–water partition coefficient (Wildman–Crippen LogP) is 3.96. The molecule has 6 nitrogen and oxygen atoms in total. The molecule has 0 aliphatic rings. The summed E-state index contributed by atoms with van der Waals surface area (Å²) in [5, 5.41) is 15.0. The number of ether oxygens (including phenoxy) is 1. The van der Waals surface area contributed by atoms with Gasteiger partial charge in [-0.25, -0.2) is 4.68 Å². The Balaban J connectivity index is 1.84. The molecular weight excluding hydrogens is 306 g/mol. The molecule has 0 fully saturated rings. The SMILES string of the molecule is COc1ccc(/C=C/c2ccnn2-c2ccc([N+](=O)[O-])cc2)cc1. The Bertz CT molecular complexity index is 865. The van der Waals surface area contributed by atoms with E-state index in [9.17, 15) is 10.1 Å². The van der Waals surface area contributed by atoms with Crippen LogP contribution in [0.5, 0.6) is 5.75 Å². The number of benzene rings is 2. The number of nitro benzene ring substituents is 1. The van der Waals surface area contributed by atoms with Gasteiger partial charge in [-0.2, -0.15) is 5.10 Å². The van der Waals surface area contributed by atoms with Crippen molar-refractivity contribution in [1.82, 2.24) is 9.78 Å². The first kappa shape index (κ1) is 15.5. The van der Waals surface area contributed by atoms with Crippen LogP contribution in [0.1, 0.15) is 11.3 Å². The molecule has 0 amide bonds. The molecule has 0 atom stereocenters. The number of nitro groups is 1. The molecule has 0 bridgehead atoms. The van der Waals surface area contributed by atoms with Gasteiger partial charge in [0.1, 0.15) is 5.75 Å². The maximum Gasteiger partial charge on any atom is 0.269 e. The van der Waals surface area contributed by atoms with Gasteiger partial charge in [0.15, 0.2) is 0 Å². The Morgan fingerprint density at radius 1 is 1.04 bits per heavy atom. The first-order valence-electron chi connectivity index (χ1n) is 7.28. The molecule has 0 saturated carbocycles. The van der Waals surface area contributed by atoms with E-state index in [-0.39, 0.29) is 5.69 Å². The summed E-state index contributed by atoms with van der Waals surface area (Å²) in [4.78, 5) is 10.3. The Kier molecular flexibility index (Phi) is 4.38. The predicted molar refractivity (Wildman–Crippen MR) is 92.1 cm³/mol. The number of rotatable bonds is 5. The van der Waals surface area contributed by atoms with Gasteiger partial charge in [0, 0.05) is 12.1 Å². The molecule has 3 rings (SSSR count). The minimum Gasteiger partial charge on any atom is -0.497 e. The van der Waals surface area contributed by atoms with Crippen molar-refractivity contribution in [2.45, 2.75) is 0 Å². The van der Waals surface area contributed by atoms with Gasteiger partial charge < -0.3 is 4.74 Å². The summed E-state index contributed by atoms with van der Waals surface area (Å²) in [5.74, 6) is 0.808. The van der Waals surface area contributed by atoms with Gasteiger partial charge in [0.05, 0.1) is 29.6 Å². The molecule has 24 heavy (non-hydrogen) atoms. The average Bonchev–Trinajstić information content (AvgIpc) is 3.09. The van der Waals surface area contributed by atoms with Crippen LogP contribution in [-0.2, 0) is 0 Å². The van der Waals surface area contributed by atoms with Crippen LogP contribution in [0.2, 0.25) is 0 Å². The number of non-ortho nitro benzene ring substituents is 1. The van der Waals surface area contributed by atoms with E-state index in [2.05, 4.69) is 5.10 Å². The van der Waals surface area contributed by atoms with Crippen LogP contribution in [0.4, 0.5) is 5.69 Å². The van der Waals surface area contributed by atoms with E-state index in [4.69, 9.17) is 4.74 Å². The molecule has 0 aliphatic heterocycles. The number of methoxy groups -OCH3 is 1. The van der Waals surface area contributed by atoms with Crippen LogP contribution in [0.15, 0.2) is 60.8 Å². The third-order valence-electron chi connectivity index (χ3n) is 3.54. The van der Waals surface area contributed by atoms with Gasteiger partial charge in [0.25, 0.3) is 5.69 Å². The largest absolute Gasteiger partial charge is 0.497 e. The van der Waals surface area contributed by atoms with Crippen LogP contribution in [0.3, 0.4) is 0 Å². The standard InChI is InChI=1S/C18H15N3O3/c1-24-18-10-3-14(4-11-18)2-5-16-12-13-19-20(16)15-6-8-17(9-7-15)21(22)23/h2-13H,1H3/b5-2+. The lowest BCUT2D eigenvalue weighted by atomic mass is 10.2. The van der Waals surface area contributed by atoms with Crippen molar-refractivity contribution in [3.05, 3.63) is 82.2 Å². The summed E-state index contributed by atoms with van der Waals surface area (Å²) in [6.07, 6.45) is 5.60. The average molecular weight is 321 g/mol. The molecule has 0 saturated heterocycles. The van der Waals surface area contributed by atoms with Crippen molar-refractivity contribution in [3.8, 4) is 11.4 Å². The molecule has 0 aliphatic carbocycles. The van der Waals surface area contributed by atoms with Crippen LogP contribution < -0.4 is 4.74 Å². The highest BCUT2D eigenvalue weighted by Gasteiger charge is 2.07. The highest BCUT2D eigenvalue weighted by Crippen LogP contribution is 2.18. The summed E-state index contributed by atoms with van der Waals surface area (Å²) in [6, 6.07) is 15.9. The maximum atomic E-state index is 10.7. The van der Waals surface area contributed by atoms with Crippen molar-refractivity contribution >= 4 is 17.8 Å². The molecular formula is C18H15N3O3. The Morgan fingerprint density at radius 3 is 2.38 bits per heavy atom. The minimum atomic E-state index is -0.419. The third-order valence-corrected chi connectivity index (χ3v) is 3.54. The van der Waals surface area contributed by atoms with E-state index in [1.807, 2.05) is 42.5 Å². The highest BCUT2D eigenvalue weighted by molar-refractivity contribution is 5.69. The van der Waals surface area contributed by atoms with Gasteiger partial charge in [-0.05, 0) is 42.0 Å². The lowest BCUT2D eigenvalue weighted by molar-refractivity contribution is -0.384. The second-order valence-electron chi connectivity index (χ2n) is 5.05. The van der Waals surface area contributed by atoms with E-state index >= 15 is 0 Å². The molecule has 0 radical (unpaired) electrons. The fourth-order valence-electron chi connectivity index (χ4n) is 2.27. The summed E-state index contributed by atoms with van der Waals surface area (Å²) in [7, 11) is 1.63. The molecule has 3 aromatic rings. The molecule has 2 aromatic carbocycles. The fraction of sp³-hybridized carbons (Fsp3) is 0.0556. The zero-order chi connectivity index (χ0) is 16.9. The number of aromatic nitrogens is 2. The van der Waals surface area contributed by atoms with Crippen molar-refractivity contribution < 1.29 is 9.66 Å². The zero-order valence-electron chi connectivity index (χ0n) is 13.0. The second kappa shape index (κ2) is 6.78. The molecule has 1 heterocycles. The van der Waals surface area contributed by atoms with E-state index in [0.717, 1.165) is 22.7 Å². The Morgan fingerprint density at radius 2 is 1.75 bits per heavy atom. The lowest BCUT2D eigenvalue weighted by Gasteiger charge is -2.04. The summed E-state index contributed by atoms with van der Waals surface area (Å²) in [6.45, 7) is 0. The van der Waals surface area contributed by atoms with Gasteiger partial charge in [0.2, 0.25) is 0 Å².